The quantitative estimate of drug-likeness (QED) is 0.643. The Kier molecular flexibility index (Phi) is 2.84. The molecule has 4 nitrogen and oxygen atoms in total. The summed E-state index contributed by atoms with van der Waals surface area (Å²) in [5.74, 6) is 0.0317. The van der Waals surface area contributed by atoms with Gasteiger partial charge in [-0.1, -0.05) is 0 Å². The van der Waals surface area contributed by atoms with Crippen molar-refractivity contribution in [1.29, 1.82) is 0 Å². The Bertz CT molecular complexity index is 323. The number of rotatable bonds is 2. The molecule has 0 radical (unpaired) electrons. The highest BCUT2D eigenvalue weighted by Crippen LogP contribution is 2.14. The Morgan fingerprint density at radius 3 is 2.69 bits per heavy atom. The minimum atomic E-state index is -0.377. The van der Waals surface area contributed by atoms with Crippen LogP contribution >= 0.6 is 0 Å². The van der Waals surface area contributed by atoms with Crippen molar-refractivity contribution in [2.75, 3.05) is 14.2 Å². The minimum absolute atomic E-state index is 0.377. The fourth-order valence-electron chi connectivity index (χ4n) is 0.946. The SMILES string of the molecule is COC(=O)c1cc(OC)ncc1C. The second-order valence-electron chi connectivity index (χ2n) is 2.53. The van der Waals surface area contributed by atoms with Gasteiger partial charge in [-0.15, -0.1) is 0 Å². The summed E-state index contributed by atoms with van der Waals surface area (Å²) in [5, 5.41) is 0. The lowest BCUT2D eigenvalue weighted by Crippen LogP contribution is -2.04. The second kappa shape index (κ2) is 3.89. The van der Waals surface area contributed by atoms with E-state index in [-0.39, 0.29) is 5.97 Å². The van der Waals surface area contributed by atoms with Gasteiger partial charge in [0.15, 0.2) is 0 Å². The van der Waals surface area contributed by atoms with E-state index in [2.05, 4.69) is 9.72 Å². The molecular formula is C9H11NO3. The predicted molar refractivity (Wildman–Crippen MR) is 46.9 cm³/mol. The zero-order valence-corrected chi connectivity index (χ0v) is 7.83. The summed E-state index contributed by atoms with van der Waals surface area (Å²) in [6.07, 6.45) is 1.57. The molecule has 0 saturated carbocycles. The fourth-order valence-corrected chi connectivity index (χ4v) is 0.946. The van der Waals surface area contributed by atoms with Crippen LogP contribution in [0.25, 0.3) is 0 Å². The van der Waals surface area contributed by atoms with Gasteiger partial charge in [0.05, 0.1) is 19.8 Å². The minimum Gasteiger partial charge on any atom is -0.481 e. The maximum Gasteiger partial charge on any atom is 0.338 e. The average Bonchev–Trinajstić information content (AvgIpc) is 2.17. The van der Waals surface area contributed by atoms with Crippen LogP contribution in [0.1, 0.15) is 15.9 Å². The molecule has 1 aromatic rings. The van der Waals surface area contributed by atoms with Gasteiger partial charge in [-0.25, -0.2) is 9.78 Å². The summed E-state index contributed by atoms with van der Waals surface area (Å²) in [6.45, 7) is 1.79. The number of aromatic nitrogens is 1. The first-order chi connectivity index (χ1) is 6.19. The Balaban J connectivity index is 3.11. The first-order valence-corrected chi connectivity index (χ1v) is 3.78. The number of hydrogen-bond donors (Lipinski definition) is 0. The van der Waals surface area contributed by atoms with Crippen LogP contribution in [0.4, 0.5) is 0 Å². The molecule has 70 valence electrons. The van der Waals surface area contributed by atoms with E-state index < -0.39 is 0 Å². The predicted octanol–water partition coefficient (Wildman–Crippen LogP) is 1.19. The lowest BCUT2D eigenvalue weighted by molar-refractivity contribution is 0.0599. The maximum atomic E-state index is 11.2. The first kappa shape index (κ1) is 9.51. The Morgan fingerprint density at radius 2 is 2.15 bits per heavy atom. The Labute approximate surface area is 76.5 Å². The highest BCUT2D eigenvalue weighted by atomic mass is 16.5. The third-order valence-corrected chi connectivity index (χ3v) is 1.69. The lowest BCUT2D eigenvalue weighted by Gasteiger charge is -2.04. The van der Waals surface area contributed by atoms with Crippen LogP contribution in [0, 0.1) is 6.92 Å². The maximum absolute atomic E-state index is 11.2. The molecule has 0 saturated heterocycles. The molecule has 0 fully saturated rings. The Morgan fingerprint density at radius 1 is 1.46 bits per heavy atom. The average molecular weight is 181 g/mol. The van der Waals surface area contributed by atoms with E-state index in [1.165, 1.54) is 14.2 Å². The standard InChI is InChI=1S/C9H11NO3/c1-6-5-10-8(12-2)4-7(6)9(11)13-3/h4-5H,1-3H3. The third kappa shape index (κ3) is 1.96. The van der Waals surface area contributed by atoms with Crippen LogP contribution in [0.5, 0.6) is 5.88 Å². The zero-order valence-electron chi connectivity index (χ0n) is 7.83. The largest absolute Gasteiger partial charge is 0.481 e. The highest BCUT2D eigenvalue weighted by molar-refractivity contribution is 5.91. The van der Waals surface area contributed by atoms with Crippen molar-refractivity contribution < 1.29 is 14.3 Å². The van der Waals surface area contributed by atoms with E-state index in [1.807, 2.05) is 0 Å². The number of aryl methyl sites for hydroxylation is 1. The van der Waals surface area contributed by atoms with Crippen LogP contribution < -0.4 is 4.74 Å². The van der Waals surface area contributed by atoms with Crippen molar-refractivity contribution >= 4 is 5.97 Å². The molecule has 0 aliphatic carbocycles. The van der Waals surface area contributed by atoms with Crippen LogP contribution in [0.3, 0.4) is 0 Å². The van der Waals surface area contributed by atoms with Gasteiger partial charge in [0.2, 0.25) is 5.88 Å². The monoisotopic (exact) mass is 181 g/mol. The number of methoxy groups -OCH3 is 2. The fraction of sp³-hybridized carbons (Fsp3) is 0.333. The summed E-state index contributed by atoms with van der Waals surface area (Å²) in [6, 6.07) is 1.56. The van der Waals surface area contributed by atoms with Gasteiger partial charge in [0.25, 0.3) is 0 Å². The van der Waals surface area contributed by atoms with Gasteiger partial charge in [0, 0.05) is 12.3 Å². The summed E-state index contributed by atoms with van der Waals surface area (Å²) >= 11 is 0. The molecule has 0 unspecified atom stereocenters. The molecule has 1 rings (SSSR count). The van der Waals surface area contributed by atoms with Crippen LogP contribution in [-0.2, 0) is 4.74 Å². The molecule has 0 spiro atoms. The molecule has 0 aliphatic heterocycles. The van der Waals surface area contributed by atoms with Gasteiger partial charge < -0.3 is 9.47 Å². The molecule has 1 heterocycles. The molecule has 0 aromatic carbocycles. The van der Waals surface area contributed by atoms with E-state index in [1.54, 1.807) is 19.2 Å². The van der Waals surface area contributed by atoms with Gasteiger partial charge in [-0.2, -0.15) is 0 Å². The van der Waals surface area contributed by atoms with Gasteiger partial charge in [-0.3, -0.25) is 0 Å². The van der Waals surface area contributed by atoms with E-state index in [0.29, 0.717) is 11.4 Å². The smallest absolute Gasteiger partial charge is 0.338 e. The van der Waals surface area contributed by atoms with Gasteiger partial charge >= 0.3 is 5.97 Å². The summed E-state index contributed by atoms with van der Waals surface area (Å²) in [4.78, 5) is 15.1. The van der Waals surface area contributed by atoms with E-state index in [4.69, 9.17) is 4.74 Å². The number of ether oxygens (including phenoxy) is 2. The van der Waals surface area contributed by atoms with Crippen molar-refractivity contribution in [2.45, 2.75) is 6.92 Å². The summed E-state index contributed by atoms with van der Waals surface area (Å²) < 4.78 is 9.48. The number of esters is 1. The number of pyridine rings is 1. The van der Waals surface area contributed by atoms with Crippen LogP contribution in [0.2, 0.25) is 0 Å². The van der Waals surface area contributed by atoms with Crippen molar-refractivity contribution in [2.24, 2.45) is 0 Å². The van der Waals surface area contributed by atoms with Crippen molar-refractivity contribution in [3.05, 3.63) is 23.4 Å². The molecular weight excluding hydrogens is 170 g/mol. The van der Waals surface area contributed by atoms with Crippen molar-refractivity contribution in [1.82, 2.24) is 4.98 Å². The second-order valence-corrected chi connectivity index (χ2v) is 2.53. The number of carbonyl (C=O) groups is 1. The van der Waals surface area contributed by atoms with Crippen LogP contribution in [0.15, 0.2) is 12.3 Å². The summed E-state index contributed by atoms with van der Waals surface area (Å²) in [7, 11) is 2.84. The van der Waals surface area contributed by atoms with Crippen molar-refractivity contribution in [3.8, 4) is 5.88 Å². The number of hydrogen-bond acceptors (Lipinski definition) is 4. The van der Waals surface area contributed by atoms with E-state index >= 15 is 0 Å². The molecule has 0 N–H and O–H groups in total. The lowest BCUT2D eigenvalue weighted by atomic mass is 10.1. The van der Waals surface area contributed by atoms with E-state index in [0.717, 1.165) is 5.56 Å². The zero-order chi connectivity index (χ0) is 9.84. The van der Waals surface area contributed by atoms with Crippen LogP contribution in [-0.4, -0.2) is 25.2 Å². The molecule has 1 aromatic heterocycles. The Hall–Kier alpha value is -1.58. The molecule has 0 amide bonds. The third-order valence-electron chi connectivity index (χ3n) is 1.69. The molecule has 0 atom stereocenters. The van der Waals surface area contributed by atoms with Gasteiger partial charge in [0.1, 0.15) is 0 Å². The topological polar surface area (TPSA) is 48.4 Å². The van der Waals surface area contributed by atoms with Gasteiger partial charge in [-0.05, 0) is 12.5 Å². The van der Waals surface area contributed by atoms with E-state index in [9.17, 15) is 4.79 Å². The van der Waals surface area contributed by atoms with Crippen molar-refractivity contribution in [3.63, 3.8) is 0 Å². The normalized spacial score (nSPS) is 9.46. The number of carbonyl (C=O) groups excluding carboxylic acids is 1. The summed E-state index contributed by atoms with van der Waals surface area (Å²) in [5.41, 5.74) is 1.25. The first-order valence-electron chi connectivity index (χ1n) is 3.78. The molecule has 4 heteroatoms. The molecule has 0 aliphatic rings. The number of nitrogens with zero attached hydrogens (tertiary/aromatic N) is 1. The molecule has 13 heavy (non-hydrogen) atoms. The molecule has 0 bridgehead atoms. The highest BCUT2D eigenvalue weighted by Gasteiger charge is 2.10.